The Hall–Kier alpha value is -1.15. The predicted molar refractivity (Wildman–Crippen MR) is 59.7 cm³/mol. The highest BCUT2D eigenvalue weighted by atomic mass is 16.5. The van der Waals surface area contributed by atoms with Crippen molar-refractivity contribution in [3.05, 3.63) is 0 Å². The Labute approximate surface area is 96.1 Å². The summed E-state index contributed by atoms with van der Waals surface area (Å²) in [6.45, 7) is 6.24. The molecule has 0 aromatic carbocycles. The Morgan fingerprint density at radius 1 is 1.44 bits per heavy atom. The average molecular weight is 225 g/mol. The second-order valence-electron chi connectivity index (χ2n) is 5.58. The maximum atomic E-state index is 11.8. The molecule has 2 atom stereocenters. The van der Waals surface area contributed by atoms with Gasteiger partial charge in [0.25, 0.3) is 0 Å². The van der Waals surface area contributed by atoms with Crippen molar-refractivity contribution in [3.63, 3.8) is 0 Å². The minimum atomic E-state index is -1.02. The first-order valence-electron chi connectivity index (χ1n) is 5.53. The molecule has 0 aromatic rings. The first-order chi connectivity index (χ1) is 7.35. The van der Waals surface area contributed by atoms with E-state index in [1.807, 2.05) is 0 Å². The third kappa shape index (κ3) is 2.50. The number of rotatable bonds is 2. The highest BCUT2D eigenvalue weighted by molar-refractivity contribution is 5.82. The molecule has 16 heavy (non-hydrogen) atoms. The van der Waals surface area contributed by atoms with Gasteiger partial charge < -0.3 is 4.74 Å². The third-order valence-electron chi connectivity index (χ3n) is 3.18. The van der Waals surface area contributed by atoms with E-state index in [0.29, 0.717) is 18.8 Å². The molecule has 2 unspecified atom stereocenters. The van der Waals surface area contributed by atoms with Crippen molar-refractivity contribution in [2.45, 2.75) is 45.6 Å². The number of hydrogen-bond acceptors (Lipinski definition) is 4. The van der Waals surface area contributed by atoms with Crippen molar-refractivity contribution in [2.24, 2.45) is 16.3 Å². The first kappa shape index (κ1) is 12.9. The summed E-state index contributed by atoms with van der Waals surface area (Å²) in [5, 5.41) is 0. The molecule has 0 aromatic heterocycles. The Bertz CT molecular complexity index is 331. The Morgan fingerprint density at radius 3 is 2.50 bits per heavy atom. The van der Waals surface area contributed by atoms with E-state index in [4.69, 9.17) is 4.74 Å². The molecule has 4 nitrogen and oxygen atoms in total. The van der Waals surface area contributed by atoms with E-state index in [2.05, 4.69) is 25.8 Å². The van der Waals surface area contributed by atoms with Crippen LogP contribution in [0.15, 0.2) is 4.99 Å². The van der Waals surface area contributed by atoms with Crippen molar-refractivity contribution in [3.8, 4) is 0 Å². The zero-order chi connectivity index (χ0) is 12.4. The van der Waals surface area contributed by atoms with Crippen LogP contribution in [-0.2, 0) is 14.3 Å². The highest BCUT2D eigenvalue weighted by Crippen LogP contribution is 2.46. The van der Waals surface area contributed by atoms with E-state index in [1.54, 1.807) is 0 Å². The van der Waals surface area contributed by atoms with Gasteiger partial charge in [0.05, 0.1) is 7.11 Å². The fraction of sp³-hybridized carbons (Fsp3) is 0.833. The van der Waals surface area contributed by atoms with E-state index in [1.165, 1.54) is 13.2 Å². The zero-order valence-electron chi connectivity index (χ0n) is 10.4. The lowest BCUT2D eigenvalue weighted by molar-refractivity contribution is -0.150. The second-order valence-corrected chi connectivity index (χ2v) is 5.58. The standard InChI is InChI=1S/C12H19NO3/c1-9-5-11(2,3)7-12(6-9,13-8-14)10(15)16-4/h9H,5-7H2,1-4H3. The summed E-state index contributed by atoms with van der Waals surface area (Å²) in [4.78, 5) is 26.1. The van der Waals surface area contributed by atoms with Crippen LogP contribution in [-0.4, -0.2) is 24.7 Å². The number of isocyanates is 1. The van der Waals surface area contributed by atoms with Gasteiger partial charge >= 0.3 is 5.97 Å². The van der Waals surface area contributed by atoms with Gasteiger partial charge in [-0.05, 0) is 30.6 Å². The second kappa shape index (κ2) is 4.38. The van der Waals surface area contributed by atoms with Crippen molar-refractivity contribution in [1.29, 1.82) is 0 Å². The molecule has 0 N–H and O–H groups in total. The van der Waals surface area contributed by atoms with Crippen LogP contribution in [0.2, 0.25) is 0 Å². The summed E-state index contributed by atoms with van der Waals surface area (Å²) in [7, 11) is 1.33. The quantitative estimate of drug-likeness (QED) is 0.410. The SMILES string of the molecule is COC(=O)C1(N=C=O)CC(C)CC(C)(C)C1. The average Bonchev–Trinajstić information content (AvgIpc) is 2.13. The number of hydrogen-bond donors (Lipinski definition) is 0. The normalized spacial score (nSPS) is 32.6. The number of nitrogens with zero attached hydrogens (tertiary/aromatic N) is 1. The lowest BCUT2D eigenvalue weighted by atomic mass is 9.64. The summed E-state index contributed by atoms with van der Waals surface area (Å²) in [6, 6.07) is 0. The van der Waals surface area contributed by atoms with Crippen molar-refractivity contribution in [2.75, 3.05) is 7.11 Å². The minimum Gasteiger partial charge on any atom is -0.467 e. The van der Waals surface area contributed by atoms with Crippen LogP contribution < -0.4 is 0 Å². The smallest absolute Gasteiger partial charge is 0.334 e. The molecular weight excluding hydrogens is 206 g/mol. The molecule has 1 saturated carbocycles. The van der Waals surface area contributed by atoms with Crippen LogP contribution in [0.5, 0.6) is 0 Å². The largest absolute Gasteiger partial charge is 0.467 e. The van der Waals surface area contributed by atoms with E-state index in [9.17, 15) is 9.59 Å². The summed E-state index contributed by atoms with van der Waals surface area (Å²) in [6.07, 6.45) is 3.67. The Balaban J connectivity index is 3.10. The lowest BCUT2D eigenvalue weighted by Gasteiger charge is -2.42. The van der Waals surface area contributed by atoms with Gasteiger partial charge in [0.15, 0.2) is 5.54 Å². The molecule has 0 bridgehead atoms. The molecule has 0 amide bonds. The topological polar surface area (TPSA) is 55.7 Å². The molecule has 1 aliphatic rings. The molecule has 4 heteroatoms. The van der Waals surface area contributed by atoms with Crippen molar-refractivity contribution >= 4 is 12.0 Å². The molecule has 0 heterocycles. The fourth-order valence-corrected chi connectivity index (χ4v) is 3.09. The van der Waals surface area contributed by atoms with Gasteiger partial charge in [-0.15, -0.1) is 0 Å². The van der Waals surface area contributed by atoms with Gasteiger partial charge in [-0.25, -0.2) is 9.59 Å². The summed E-state index contributed by atoms with van der Waals surface area (Å²) in [5.41, 5.74) is -1.02. The van der Waals surface area contributed by atoms with Crippen molar-refractivity contribution < 1.29 is 14.3 Å². The fourth-order valence-electron chi connectivity index (χ4n) is 3.09. The first-order valence-corrected chi connectivity index (χ1v) is 5.53. The molecule has 1 fully saturated rings. The Morgan fingerprint density at radius 2 is 2.06 bits per heavy atom. The maximum absolute atomic E-state index is 11.8. The van der Waals surface area contributed by atoms with Crippen LogP contribution >= 0.6 is 0 Å². The van der Waals surface area contributed by atoms with Crippen LogP contribution in [0.25, 0.3) is 0 Å². The van der Waals surface area contributed by atoms with E-state index in [-0.39, 0.29) is 5.41 Å². The summed E-state index contributed by atoms with van der Waals surface area (Å²) in [5.74, 6) is -0.0737. The highest BCUT2D eigenvalue weighted by Gasteiger charge is 2.49. The Kier molecular flexibility index (Phi) is 3.54. The number of aliphatic imine (C=N–C) groups is 1. The number of ether oxygens (including phenoxy) is 1. The van der Waals surface area contributed by atoms with Gasteiger partial charge in [0, 0.05) is 0 Å². The molecule has 90 valence electrons. The molecular formula is C12H19NO3. The monoisotopic (exact) mass is 225 g/mol. The third-order valence-corrected chi connectivity index (χ3v) is 3.18. The molecule has 0 spiro atoms. The van der Waals surface area contributed by atoms with E-state index in [0.717, 1.165) is 6.42 Å². The number of carbonyl (C=O) groups excluding carboxylic acids is 2. The van der Waals surface area contributed by atoms with Gasteiger partial charge in [0.2, 0.25) is 6.08 Å². The van der Waals surface area contributed by atoms with Crippen LogP contribution in [0, 0.1) is 11.3 Å². The van der Waals surface area contributed by atoms with Gasteiger partial charge in [-0.1, -0.05) is 20.8 Å². The molecule has 0 saturated heterocycles. The van der Waals surface area contributed by atoms with Crippen LogP contribution in [0.4, 0.5) is 0 Å². The molecule has 1 rings (SSSR count). The number of esters is 1. The van der Waals surface area contributed by atoms with Crippen LogP contribution in [0.1, 0.15) is 40.0 Å². The van der Waals surface area contributed by atoms with E-state index >= 15 is 0 Å². The zero-order valence-corrected chi connectivity index (χ0v) is 10.4. The number of carbonyl (C=O) groups is 1. The minimum absolute atomic E-state index is 0.00773. The summed E-state index contributed by atoms with van der Waals surface area (Å²) >= 11 is 0. The van der Waals surface area contributed by atoms with Crippen molar-refractivity contribution in [1.82, 2.24) is 0 Å². The number of methoxy groups -OCH3 is 1. The summed E-state index contributed by atoms with van der Waals surface area (Å²) < 4.78 is 4.78. The predicted octanol–water partition coefficient (Wildman–Crippen LogP) is 2.08. The van der Waals surface area contributed by atoms with Gasteiger partial charge in [-0.2, -0.15) is 4.99 Å². The van der Waals surface area contributed by atoms with Gasteiger partial charge in [0.1, 0.15) is 0 Å². The van der Waals surface area contributed by atoms with Crippen LogP contribution in [0.3, 0.4) is 0 Å². The lowest BCUT2D eigenvalue weighted by Crippen LogP contribution is -2.47. The maximum Gasteiger partial charge on any atom is 0.334 e. The molecule has 1 aliphatic carbocycles. The van der Waals surface area contributed by atoms with Gasteiger partial charge in [-0.3, -0.25) is 0 Å². The molecule has 0 aliphatic heterocycles. The molecule has 0 radical (unpaired) electrons. The van der Waals surface area contributed by atoms with E-state index < -0.39 is 11.5 Å².